The highest BCUT2D eigenvalue weighted by Crippen LogP contribution is 2.36. The van der Waals surface area contributed by atoms with E-state index in [-0.39, 0.29) is 17.9 Å². The second-order valence-electron chi connectivity index (χ2n) is 7.53. The van der Waals surface area contributed by atoms with E-state index in [2.05, 4.69) is 31.3 Å². The largest absolute Gasteiger partial charge is 0.493 e. The molecule has 1 unspecified atom stereocenters. The number of hydrazone groups is 1. The Morgan fingerprint density at radius 2 is 2.04 bits per heavy atom. The zero-order valence-electron chi connectivity index (χ0n) is 16.7. The van der Waals surface area contributed by atoms with Gasteiger partial charge in [-0.05, 0) is 42.2 Å². The minimum Gasteiger partial charge on any atom is -0.493 e. The topological polar surface area (TPSA) is 69.2 Å². The number of nitrogens with one attached hydrogen (secondary N) is 1. The van der Waals surface area contributed by atoms with Crippen molar-refractivity contribution < 1.29 is 19.0 Å². The Hall–Kier alpha value is -3.02. The van der Waals surface area contributed by atoms with Crippen molar-refractivity contribution in [1.82, 2.24) is 5.43 Å². The maximum absolute atomic E-state index is 12.4. The van der Waals surface area contributed by atoms with Gasteiger partial charge in [-0.3, -0.25) is 4.79 Å². The SMILES string of the molecule is CCOc1ccccc1/C=N/NC(=O)C1COc2ccc(C(C)(C)C)cc2O1. The van der Waals surface area contributed by atoms with Crippen LogP contribution >= 0.6 is 0 Å². The summed E-state index contributed by atoms with van der Waals surface area (Å²) in [6.07, 6.45) is 0.792. The number of nitrogens with zero attached hydrogens (tertiary/aromatic N) is 1. The molecule has 1 aliphatic heterocycles. The van der Waals surface area contributed by atoms with Crippen LogP contribution in [0.25, 0.3) is 0 Å². The summed E-state index contributed by atoms with van der Waals surface area (Å²) in [4.78, 5) is 12.4. The molecular weight excluding hydrogens is 356 g/mol. The van der Waals surface area contributed by atoms with Gasteiger partial charge in [0.2, 0.25) is 6.10 Å². The Bertz CT molecular complexity index is 871. The highest BCUT2D eigenvalue weighted by Gasteiger charge is 2.28. The predicted octanol–water partition coefficient (Wildman–Crippen LogP) is 3.67. The van der Waals surface area contributed by atoms with Crippen LogP contribution in [0.5, 0.6) is 17.2 Å². The van der Waals surface area contributed by atoms with E-state index >= 15 is 0 Å². The normalized spacial score (nSPS) is 16.1. The van der Waals surface area contributed by atoms with E-state index in [1.165, 1.54) is 0 Å². The van der Waals surface area contributed by atoms with Crippen LogP contribution < -0.4 is 19.6 Å². The van der Waals surface area contributed by atoms with Crippen molar-refractivity contribution in [3.05, 3.63) is 53.6 Å². The first kappa shape index (κ1) is 19.7. The number of para-hydroxylation sites is 1. The van der Waals surface area contributed by atoms with Crippen LogP contribution in [0.4, 0.5) is 0 Å². The standard InChI is InChI=1S/C22H26N2O4/c1-5-26-17-9-7-6-8-15(17)13-23-24-21(25)20-14-27-18-11-10-16(22(2,3)4)12-19(18)28-20/h6-13,20H,5,14H2,1-4H3,(H,24,25)/b23-13+. The molecular formula is C22H26N2O4. The zero-order valence-corrected chi connectivity index (χ0v) is 16.7. The molecule has 1 N–H and O–H groups in total. The van der Waals surface area contributed by atoms with Gasteiger partial charge in [0, 0.05) is 5.56 Å². The first-order valence-corrected chi connectivity index (χ1v) is 9.37. The number of amides is 1. The summed E-state index contributed by atoms with van der Waals surface area (Å²) in [6, 6.07) is 13.3. The molecule has 2 aromatic rings. The average molecular weight is 382 g/mol. The molecule has 148 valence electrons. The Morgan fingerprint density at radius 3 is 2.79 bits per heavy atom. The fourth-order valence-electron chi connectivity index (χ4n) is 2.78. The fourth-order valence-corrected chi connectivity index (χ4v) is 2.78. The summed E-state index contributed by atoms with van der Waals surface area (Å²) in [5.41, 5.74) is 4.39. The number of hydrogen-bond acceptors (Lipinski definition) is 5. The lowest BCUT2D eigenvalue weighted by Crippen LogP contribution is -2.42. The van der Waals surface area contributed by atoms with Gasteiger partial charge in [0.25, 0.3) is 5.91 Å². The van der Waals surface area contributed by atoms with Gasteiger partial charge in [0.15, 0.2) is 11.5 Å². The van der Waals surface area contributed by atoms with Crippen molar-refractivity contribution in [3.63, 3.8) is 0 Å². The maximum atomic E-state index is 12.4. The number of benzene rings is 2. The number of carbonyl (C=O) groups is 1. The molecule has 0 aromatic heterocycles. The molecule has 0 bridgehead atoms. The lowest BCUT2D eigenvalue weighted by molar-refractivity contribution is -0.130. The van der Waals surface area contributed by atoms with Gasteiger partial charge in [-0.25, -0.2) is 5.43 Å². The van der Waals surface area contributed by atoms with E-state index in [1.807, 2.05) is 49.4 Å². The highest BCUT2D eigenvalue weighted by atomic mass is 16.6. The molecule has 0 fully saturated rings. The summed E-state index contributed by atoms with van der Waals surface area (Å²) in [7, 11) is 0. The minimum absolute atomic E-state index is 0.0220. The van der Waals surface area contributed by atoms with Crippen LogP contribution in [0, 0.1) is 0 Å². The number of rotatable bonds is 5. The molecule has 3 rings (SSSR count). The van der Waals surface area contributed by atoms with Crippen molar-refractivity contribution in [2.45, 2.75) is 39.2 Å². The van der Waals surface area contributed by atoms with E-state index < -0.39 is 6.10 Å². The smallest absolute Gasteiger partial charge is 0.284 e. The lowest BCUT2D eigenvalue weighted by Gasteiger charge is -2.27. The molecule has 1 atom stereocenters. The third kappa shape index (κ3) is 4.63. The quantitative estimate of drug-likeness (QED) is 0.633. The number of ether oxygens (including phenoxy) is 3. The van der Waals surface area contributed by atoms with Gasteiger partial charge in [-0.2, -0.15) is 5.10 Å². The summed E-state index contributed by atoms with van der Waals surface area (Å²) >= 11 is 0. The van der Waals surface area contributed by atoms with Crippen LogP contribution in [0.2, 0.25) is 0 Å². The molecule has 1 heterocycles. The monoisotopic (exact) mass is 382 g/mol. The summed E-state index contributed by atoms with van der Waals surface area (Å²) in [6.45, 7) is 8.98. The van der Waals surface area contributed by atoms with E-state index in [0.29, 0.717) is 23.9 Å². The number of fused-ring (bicyclic) bond motifs is 1. The van der Waals surface area contributed by atoms with Crippen molar-refractivity contribution in [2.24, 2.45) is 5.10 Å². The van der Waals surface area contributed by atoms with Gasteiger partial charge in [-0.15, -0.1) is 0 Å². The molecule has 6 heteroatoms. The Kier molecular flexibility index (Phi) is 5.87. The molecule has 1 aliphatic rings. The van der Waals surface area contributed by atoms with Crippen molar-refractivity contribution in [3.8, 4) is 17.2 Å². The molecule has 6 nitrogen and oxygen atoms in total. The second-order valence-corrected chi connectivity index (χ2v) is 7.53. The van der Waals surface area contributed by atoms with Crippen LogP contribution in [-0.2, 0) is 10.2 Å². The van der Waals surface area contributed by atoms with E-state index in [1.54, 1.807) is 6.21 Å². The third-order valence-corrected chi connectivity index (χ3v) is 4.36. The summed E-state index contributed by atoms with van der Waals surface area (Å²) in [5, 5.41) is 4.03. The number of hydrogen-bond donors (Lipinski definition) is 1. The second kappa shape index (κ2) is 8.33. The van der Waals surface area contributed by atoms with Crippen LogP contribution in [0.15, 0.2) is 47.6 Å². The van der Waals surface area contributed by atoms with Crippen molar-refractivity contribution in [1.29, 1.82) is 0 Å². The first-order valence-electron chi connectivity index (χ1n) is 9.37. The predicted molar refractivity (Wildman–Crippen MR) is 108 cm³/mol. The molecule has 2 aromatic carbocycles. The van der Waals surface area contributed by atoms with E-state index in [4.69, 9.17) is 14.2 Å². The van der Waals surface area contributed by atoms with Gasteiger partial charge in [-0.1, -0.05) is 39.0 Å². The van der Waals surface area contributed by atoms with Crippen LogP contribution in [0.1, 0.15) is 38.8 Å². The summed E-state index contributed by atoms with van der Waals surface area (Å²) in [5.74, 6) is 1.57. The van der Waals surface area contributed by atoms with Gasteiger partial charge in [0.1, 0.15) is 12.4 Å². The highest BCUT2D eigenvalue weighted by molar-refractivity contribution is 5.86. The minimum atomic E-state index is -0.762. The van der Waals surface area contributed by atoms with Crippen LogP contribution in [-0.4, -0.2) is 31.4 Å². The Labute approximate surface area is 165 Å². The Morgan fingerprint density at radius 1 is 1.25 bits per heavy atom. The average Bonchev–Trinajstić information content (AvgIpc) is 2.68. The molecule has 0 saturated heterocycles. The first-order chi connectivity index (χ1) is 13.4. The number of carbonyl (C=O) groups excluding carboxylic acids is 1. The summed E-state index contributed by atoms with van der Waals surface area (Å²) < 4.78 is 17.1. The Balaban J connectivity index is 1.65. The van der Waals surface area contributed by atoms with Crippen molar-refractivity contribution >= 4 is 12.1 Å². The molecule has 0 saturated carbocycles. The van der Waals surface area contributed by atoms with Gasteiger partial charge >= 0.3 is 0 Å². The maximum Gasteiger partial charge on any atom is 0.284 e. The molecule has 28 heavy (non-hydrogen) atoms. The fraction of sp³-hybridized carbons (Fsp3) is 0.364. The third-order valence-electron chi connectivity index (χ3n) is 4.36. The van der Waals surface area contributed by atoms with Gasteiger partial charge in [0.05, 0.1) is 12.8 Å². The molecule has 0 spiro atoms. The molecule has 0 radical (unpaired) electrons. The molecule has 1 amide bonds. The van der Waals surface area contributed by atoms with Gasteiger partial charge < -0.3 is 14.2 Å². The lowest BCUT2D eigenvalue weighted by atomic mass is 9.87. The molecule has 0 aliphatic carbocycles. The van der Waals surface area contributed by atoms with E-state index in [0.717, 1.165) is 11.1 Å². The van der Waals surface area contributed by atoms with Crippen LogP contribution in [0.3, 0.4) is 0 Å². The van der Waals surface area contributed by atoms with Crippen molar-refractivity contribution in [2.75, 3.05) is 13.2 Å². The zero-order chi connectivity index (χ0) is 20.1. The van der Waals surface area contributed by atoms with E-state index in [9.17, 15) is 4.79 Å².